The van der Waals surface area contributed by atoms with E-state index in [-0.39, 0.29) is 69.0 Å². The highest BCUT2D eigenvalue weighted by molar-refractivity contribution is 6.28. The van der Waals surface area contributed by atoms with E-state index in [1.807, 2.05) is 74.5 Å². The molecule has 77 heavy (non-hydrogen) atoms. The minimum Gasteiger partial charge on any atom is -0.505 e. The van der Waals surface area contributed by atoms with E-state index in [1.54, 1.807) is 24.4 Å². The number of halogens is 2. The Morgan fingerprint density at radius 3 is 1.39 bits per heavy atom. The van der Waals surface area contributed by atoms with Gasteiger partial charge in [0, 0.05) is 36.3 Å². The van der Waals surface area contributed by atoms with Crippen LogP contribution < -0.4 is 24.8 Å². The fraction of sp³-hybridized carbons (Fsp3) is 0.186. The number of aromatic nitrogens is 2. The molecule has 10 rings (SSSR count). The number of ether oxygens (including phenoxy) is 3. The van der Waals surface area contributed by atoms with Crippen LogP contribution >= 0.6 is 0 Å². The third-order valence-corrected chi connectivity index (χ3v) is 12.7. The minimum atomic E-state index is -0.784. The van der Waals surface area contributed by atoms with Crippen LogP contribution in [-0.4, -0.2) is 73.8 Å². The Morgan fingerprint density at radius 2 is 0.935 bits per heavy atom. The molecule has 18 heteroatoms. The Balaban J connectivity index is 0.000000199. The highest BCUT2D eigenvalue weighted by atomic mass is 19.1. The molecule has 2 aromatic heterocycles. The molecule has 6 aromatic carbocycles. The summed E-state index contributed by atoms with van der Waals surface area (Å²) in [4.78, 5) is 90.5. The smallest absolute Gasteiger partial charge is 0.412 e. The van der Waals surface area contributed by atoms with E-state index < -0.39 is 59.3 Å². The van der Waals surface area contributed by atoms with Gasteiger partial charge in [-0.3, -0.25) is 38.9 Å². The molecule has 0 unspecified atom stereocenters. The summed E-state index contributed by atoms with van der Waals surface area (Å²) < 4.78 is 44.9. The molecule has 390 valence electrons. The summed E-state index contributed by atoms with van der Waals surface area (Å²) >= 11 is 0. The molecular weight excluding hydrogens is 991 g/mol. The molecular formula is C59H50F2N6O10. The number of fused-ring (bicyclic) bond motifs is 4. The first-order valence-corrected chi connectivity index (χ1v) is 24.9. The predicted octanol–water partition coefficient (Wildman–Crippen LogP) is 11.0. The lowest BCUT2D eigenvalue weighted by Crippen LogP contribution is -2.30. The van der Waals surface area contributed by atoms with Crippen LogP contribution in [0, 0.1) is 11.6 Å². The lowest BCUT2D eigenvalue weighted by molar-refractivity contribution is 0.0625. The number of hydrogen-bond acceptors (Lipinski definition) is 12. The van der Waals surface area contributed by atoms with Crippen LogP contribution in [0.15, 0.2) is 146 Å². The Morgan fingerprint density at radius 1 is 0.532 bits per heavy atom. The summed E-state index contributed by atoms with van der Waals surface area (Å²) in [6.07, 6.45) is 3.97. The summed E-state index contributed by atoms with van der Waals surface area (Å²) in [6.45, 7) is 4.47. The zero-order valence-corrected chi connectivity index (χ0v) is 41.8. The molecule has 16 nitrogen and oxygen atoms in total. The van der Waals surface area contributed by atoms with Crippen LogP contribution in [0.1, 0.15) is 109 Å². The Kier molecular flexibility index (Phi) is 15.8. The first kappa shape index (κ1) is 52.3. The van der Waals surface area contributed by atoms with Crippen molar-refractivity contribution < 1.29 is 56.9 Å². The lowest BCUT2D eigenvalue weighted by atomic mass is 9.99. The van der Waals surface area contributed by atoms with Crippen molar-refractivity contribution in [2.24, 2.45) is 0 Å². The number of unbranched alkanes of at least 4 members (excludes halogenated alkanes) is 2. The molecule has 2 aliphatic rings. The Bertz CT molecular complexity index is 3510. The molecule has 6 amide bonds. The number of hydrogen-bond donors (Lipinski definition) is 3. The standard InChI is InChI=1S/C36H30FN3O5.C23H20FN3O5/c1-2-3-20-39-36(43)45-32-27-15-10-21-38-30(27)33(44-31(24-11-6-4-7-12-24)25-13-8-5-9-14-25)29-28(32)34(41)40(35(29)42)22-23-16-18-26(37)19-17-23;1-2-3-10-26-23(31)32-20-15-5-4-11-25-18(15)19(28)16-17(20)22(30)27(21(16)29)12-13-6-8-14(24)9-7-13/h4-19,21,31H,2-3,20,22H2,1H3,(H,39,43);4-9,11,28H,2-3,10,12H2,1H3,(H,26,31). The molecule has 0 bridgehead atoms. The first-order chi connectivity index (χ1) is 37.4. The normalized spacial score (nSPS) is 12.6. The summed E-state index contributed by atoms with van der Waals surface area (Å²) in [5.74, 6) is -4.27. The Hall–Kier alpha value is -9.58. The van der Waals surface area contributed by atoms with Crippen LogP contribution in [-0.2, 0) is 13.1 Å². The highest BCUT2D eigenvalue weighted by Gasteiger charge is 2.45. The number of phenolic OH excluding ortho intramolecular Hbond substituents is 1. The summed E-state index contributed by atoms with van der Waals surface area (Å²) in [7, 11) is 0. The van der Waals surface area contributed by atoms with E-state index in [0.717, 1.165) is 46.6 Å². The second-order valence-corrected chi connectivity index (χ2v) is 17.9. The SMILES string of the molecule is CCCCNC(=O)Oc1c2c(c(O)c3ncccc13)C(=O)N(Cc1ccc(F)cc1)C2=O.CCCCNC(=O)Oc1c2c(c(OC(c3ccccc3)c3ccccc3)c3ncccc13)C(=O)N(Cc1ccc(F)cc1)C2=O. The van der Waals surface area contributed by atoms with E-state index in [4.69, 9.17) is 14.2 Å². The highest BCUT2D eigenvalue weighted by Crippen LogP contribution is 2.47. The molecule has 0 atom stereocenters. The topological polar surface area (TPSA) is 207 Å². The number of imide groups is 2. The molecule has 2 aliphatic heterocycles. The van der Waals surface area contributed by atoms with Crippen molar-refractivity contribution in [2.75, 3.05) is 13.1 Å². The van der Waals surface area contributed by atoms with E-state index in [1.165, 1.54) is 60.8 Å². The zero-order chi connectivity index (χ0) is 54.2. The predicted molar refractivity (Wildman–Crippen MR) is 280 cm³/mol. The van der Waals surface area contributed by atoms with Crippen LogP contribution in [0.25, 0.3) is 21.8 Å². The van der Waals surface area contributed by atoms with Crippen molar-refractivity contribution in [3.8, 4) is 23.0 Å². The molecule has 0 saturated heterocycles. The van der Waals surface area contributed by atoms with Crippen LogP contribution in [0.3, 0.4) is 0 Å². The number of rotatable bonds is 16. The number of carbonyl (C=O) groups is 6. The van der Waals surface area contributed by atoms with E-state index in [0.29, 0.717) is 29.6 Å². The molecule has 0 aliphatic carbocycles. The largest absolute Gasteiger partial charge is 0.505 e. The summed E-state index contributed by atoms with van der Waals surface area (Å²) in [6, 6.07) is 36.3. The van der Waals surface area contributed by atoms with Gasteiger partial charge in [0.1, 0.15) is 51.0 Å². The molecule has 4 heterocycles. The number of benzene rings is 6. The molecule has 0 saturated carbocycles. The zero-order valence-electron chi connectivity index (χ0n) is 41.8. The van der Waals surface area contributed by atoms with Gasteiger partial charge < -0.3 is 30.0 Å². The molecule has 0 radical (unpaired) electrons. The van der Waals surface area contributed by atoms with Gasteiger partial charge in [0.15, 0.2) is 23.0 Å². The molecule has 0 spiro atoms. The number of amides is 6. The molecule has 3 N–H and O–H groups in total. The van der Waals surface area contributed by atoms with Crippen molar-refractivity contribution in [2.45, 2.75) is 58.7 Å². The minimum absolute atomic E-state index is 0.0346. The van der Waals surface area contributed by atoms with Crippen molar-refractivity contribution in [3.63, 3.8) is 0 Å². The average molecular weight is 1040 g/mol. The quantitative estimate of drug-likeness (QED) is 0.0610. The van der Waals surface area contributed by atoms with Gasteiger partial charge in [-0.2, -0.15) is 0 Å². The maximum absolute atomic E-state index is 14.2. The molecule has 8 aromatic rings. The maximum Gasteiger partial charge on any atom is 0.412 e. The summed E-state index contributed by atoms with van der Waals surface area (Å²) in [5, 5.41) is 16.6. The number of nitrogens with zero attached hydrogens (tertiary/aromatic N) is 4. The number of carbonyl (C=O) groups excluding carboxylic acids is 6. The number of aromatic hydroxyl groups is 1. The van der Waals surface area contributed by atoms with Gasteiger partial charge in [-0.05, 0) is 83.6 Å². The van der Waals surface area contributed by atoms with E-state index in [2.05, 4.69) is 20.6 Å². The monoisotopic (exact) mass is 1040 g/mol. The number of phenols is 1. The van der Waals surface area contributed by atoms with Crippen LogP contribution in [0.2, 0.25) is 0 Å². The van der Waals surface area contributed by atoms with Crippen molar-refractivity contribution >= 4 is 57.6 Å². The second kappa shape index (κ2) is 23.3. The third kappa shape index (κ3) is 11.0. The van der Waals surface area contributed by atoms with Gasteiger partial charge in [0.2, 0.25) is 0 Å². The van der Waals surface area contributed by atoms with Crippen molar-refractivity contribution in [1.29, 1.82) is 0 Å². The van der Waals surface area contributed by atoms with Gasteiger partial charge in [0.05, 0.1) is 13.1 Å². The van der Waals surface area contributed by atoms with Crippen LogP contribution in [0.5, 0.6) is 23.0 Å². The fourth-order valence-corrected chi connectivity index (χ4v) is 8.91. The second-order valence-electron chi connectivity index (χ2n) is 17.9. The summed E-state index contributed by atoms with van der Waals surface area (Å²) in [5.41, 5.74) is 2.35. The maximum atomic E-state index is 14.2. The van der Waals surface area contributed by atoms with Crippen molar-refractivity contribution in [3.05, 3.63) is 202 Å². The van der Waals surface area contributed by atoms with E-state index in [9.17, 15) is 42.7 Å². The number of nitrogens with one attached hydrogen (secondary N) is 2. The van der Waals surface area contributed by atoms with Crippen LogP contribution in [0.4, 0.5) is 18.4 Å². The fourth-order valence-electron chi connectivity index (χ4n) is 8.91. The van der Waals surface area contributed by atoms with Crippen molar-refractivity contribution in [1.82, 2.24) is 30.4 Å². The Labute approximate surface area is 440 Å². The number of pyridine rings is 2. The van der Waals surface area contributed by atoms with Gasteiger partial charge in [-0.15, -0.1) is 0 Å². The lowest BCUT2D eigenvalue weighted by Gasteiger charge is -2.23. The average Bonchev–Trinajstić information content (AvgIpc) is 3.89. The third-order valence-electron chi connectivity index (χ3n) is 12.7. The van der Waals surface area contributed by atoms with Gasteiger partial charge >= 0.3 is 12.2 Å². The van der Waals surface area contributed by atoms with Gasteiger partial charge in [-0.1, -0.05) is 112 Å². The van der Waals surface area contributed by atoms with Gasteiger partial charge in [-0.25, -0.2) is 18.4 Å². The first-order valence-electron chi connectivity index (χ1n) is 24.9. The molecule has 0 fully saturated rings. The van der Waals surface area contributed by atoms with Gasteiger partial charge in [0.25, 0.3) is 23.6 Å². The van der Waals surface area contributed by atoms with E-state index >= 15 is 0 Å².